The maximum absolute atomic E-state index is 12.3. The van der Waals surface area contributed by atoms with Crippen molar-refractivity contribution in [3.05, 3.63) is 0 Å². The number of piperidine rings is 1. The number of primary amides is 1. The van der Waals surface area contributed by atoms with Crippen LogP contribution >= 0.6 is 0 Å². The van der Waals surface area contributed by atoms with E-state index in [-0.39, 0.29) is 11.9 Å². The van der Waals surface area contributed by atoms with Crippen LogP contribution < -0.4 is 11.1 Å². The first-order chi connectivity index (χ1) is 9.56. The molecule has 1 saturated carbocycles. The fourth-order valence-corrected chi connectivity index (χ4v) is 3.41. The van der Waals surface area contributed by atoms with Gasteiger partial charge in [-0.1, -0.05) is 19.8 Å². The molecule has 3 N–H and O–H groups in total. The molecule has 2 aliphatic rings. The summed E-state index contributed by atoms with van der Waals surface area (Å²) in [6.45, 7) is 3.71. The van der Waals surface area contributed by atoms with Gasteiger partial charge in [-0.15, -0.1) is 0 Å². The van der Waals surface area contributed by atoms with Gasteiger partial charge in [0.25, 0.3) is 0 Å². The minimum atomic E-state index is -0.232. The maximum Gasteiger partial charge on any atom is 0.317 e. The molecule has 1 heterocycles. The Morgan fingerprint density at radius 3 is 2.40 bits per heavy atom. The highest BCUT2D eigenvalue weighted by molar-refractivity contribution is 5.75. The Labute approximate surface area is 121 Å². The van der Waals surface area contributed by atoms with E-state index in [1.54, 1.807) is 0 Å². The zero-order chi connectivity index (χ0) is 14.5. The average Bonchev–Trinajstić information content (AvgIpc) is 2.41. The number of carbonyl (C=O) groups excluding carboxylic acids is 2. The summed E-state index contributed by atoms with van der Waals surface area (Å²) >= 11 is 0. The second kappa shape index (κ2) is 6.95. The zero-order valence-corrected chi connectivity index (χ0v) is 12.4. The third kappa shape index (κ3) is 4.12. The number of hydrogen-bond acceptors (Lipinski definition) is 2. The van der Waals surface area contributed by atoms with Crippen LogP contribution in [-0.4, -0.2) is 36.0 Å². The Bertz CT molecular complexity index is 351. The van der Waals surface area contributed by atoms with Gasteiger partial charge in [0.2, 0.25) is 5.91 Å². The number of nitrogens with two attached hydrogens (primary N) is 1. The number of amides is 3. The first-order valence-electron chi connectivity index (χ1n) is 7.90. The number of rotatable bonds is 3. The average molecular weight is 281 g/mol. The predicted molar refractivity (Wildman–Crippen MR) is 78.1 cm³/mol. The summed E-state index contributed by atoms with van der Waals surface area (Å²) < 4.78 is 0. The molecule has 0 aromatic heterocycles. The number of likely N-dealkylation sites (tertiary alicyclic amines) is 1. The maximum atomic E-state index is 12.3. The van der Waals surface area contributed by atoms with Crippen LogP contribution in [0.3, 0.4) is 0 Å². The van der Waals surface area contributed by atoms with Crippen molar-refractivity contribution in [2.75, 3.05) is 13.1 Å². The summed E-state index contributed by atoms with van der Waals surface area (Å²) in [5.74, 6) is 0.703. The largest absolute Gasteiger partial charge is 0.370 e. The van der Waals surface area contributed by atoms with Gasteiger partial charge in [-0.25, -0.2) is 4.79 Å². The van der Waals surface area contributed by atoms with Crippen LogP contribution in [0.15, 0.2) is 0 Å². The molecular formula is C15H27N3O2. The van der Waals surface area contributed by atoms with Gasteiger partial charge in [-0.05, 0) is 37.5 Å². The van der Waals surface area contributed by atoms with Crippen LogP contribution in [0.1, 0.15) is 51.9 Å². The number of carbonyl (C=O) groups is 2. The Kier molecular flexibility index (Phi) is 5.26. The van der Waals surface area contributed by atoms with Gasteiger partial charge in [-0.2, -0.15) is 0 Å². The third-order valence-corrected chi connectivity index (χ3v) is 4.81. The molecule has 0 aromatic carbocycles. The summed E-state index contributed by atoms with van der Waals surface area (Å²) in [6.07, 6.45) is 7.04. The molecule has 0 aromatic rings. The van der Waals surface area contributed by atoms with E-state index in [9.17, 15) is 9.59 Å². The molecule has 0 spiro atoms. The molecule has 5 heteroatoms. The Morgan fingerprint density at radius 2 is 1.80 bits per heavy atom. The summed E-state index contributed by atoms with van der Waals surface area (Å²) in [4.78, 5) is 25.1. The minimum Gasteiger partial charge on any atom is -0.370 e. The molecule has 1 aliphatic carbocycles. The Balaban J connectivity index is 1.75. The minimum absolute atomic E-state index is 0.0706. The fourth-order valence-electron chi connectivity index (χ4n) is 3.41. The van der Waals surface area contributed by atoms with Crippen LogP contribution in [0.5, 0.6) is 0 Å². The van der Waals surface area contributed by atoms with Crippen LogP contribution in [-0.2, 0) is 4.79 Å². The molecule has 1 aliphatic heterocycles. The van der Waals surface area contributed by atoms with E-state index >= 15 is 0 Å². The predicted octanol–water partition coefficient (Wildman–Crippen LogP) is 1.86. The van der Waals surface area contributed by atoms with Gasteiger partial charge < -0.3 is 16.0 Å². The molecule has 3 amide bonds. The summed E-state index contributed by atoms with van der Waals surface area (Å²) in [5.41, 5.74) is 5.22. The highest BCUT2D eigenvalue weighted by Gasteiger charge is 2.27. The van der Waals surface area contributed by atoms with Gasteiger partial charge in [0, 0.05) is 25.6 Å². The van der Waals surface area contributed by atoms with Crippen molar-refractivity contribution < 1.29 is 9.59 Å². The van der Waals surface area contributed by atoms with E-state index < -0.39 is 0 Å². The van der Waals surface area contributed by atoms with Crippen molar-refractivity contribution in [2.24, 2.45) is 17.6 Å². The first kappa shape index (κ1) is 15.1. The van der Waals surface area contributed by atoms with Gasteiger partial charge in [0.15, 0.2) is 0 Å². The smallest absolute Gasteiger partial charge is 0.317 e. The quantitative estimate of drug-likeness (QED) is 0.828. The lowest BCUT2D eigenvalue weighted by Gasteiger charge is -2.35. The molecule has 114 valence electrons. The number of nitrogens with one attached hydrogen (secondary N) is 1. The Morgan fingerprint density at radius 1 is 1.15 bits per heavy atom. The normalized spacial score (nSPS) is 28.1. The number of nitrogens with zero attached hydrogens (tertiary/aromatic N) is 1. The van der Waals surface area contributed by atoms with Gasteiger partial charge in [0.1, 0.15) is 0 Å². The van der Waals surface area contributed by atoms with E-state index in [2.05, 4.69) is 12.2 Å². The van der Waals surface area contributed by atoms with Crippen LogP contribution in [0, 0.1) is 11.8 Å². The van der Waals surface area contributed by atoms with Crippen molar-refractivity contribution in [2.45, 2.75) is 57.9 Å². The van der Waals surface area contributed by atoms with E-state index in [0.29, 0.717) is 24.3 Å². The molecule has 0 bridgehead atoms. The van der Waals surface area contributed by atoms with E-state index in [4.69, 9.17) is 5.73 Å². The standard InChI is InChI=1S/C15H27N3O2/c1-11-4-2-3-5-13(11)17-15(20)18-8-6-12(7-9-18)10-14(16)19/h11-13H,2-10H2,1H3,(H2,16,19)(H,17,20). The molecule has 2 fully saturated rings. The summed E-state index contributed by atoms with van der Waals surface area (Å²) in [5, 5.41) is 3.19. The number of urea groups is 1. The molecule has 2 atom stereocenters. The second-order valence-electron chi connectivity index (χ2n) is 6.42. The molecule has 2 unspecified atom stereocenters. The highest BCUT2D eigenvalue weighted by Crippen LogP contribution is 2.25. The van der Waals surface area contributed by atoms with Crippen LogP contribution in [0.2, 0.25) is 0 Å². The lowest BCUT2D eigenvalue weighted by molar-refractivity contribution is -0.119. The summed E-state index contributed by atoms with van der Waals surface area (Å²) in [6, 6.07) is 0.404. The number of hydrogen-bond donors (Lipinski definition) is 2. The lowest BCUT2D eigenvalue weighted by atomic mass is 9.86. The van der Waals surface area contributed by atoms with E-state index in [1.165, 1.54) is 19.3 Å². The zero-order valence-electron chi connectivity index (χ0n) is 12.4. The molecule has 5 nitrogen and oxygen atoms in total. The van der Waals surface area contributed by atoms with Gasteiger partial charge in [0.05, 0.1) is 0 Å². The SMILES string of the molecule is CC1CCCCC1NC(=O)N1CCC(CC(N)=O)CC1. The van der Waals surface area contributed by atoms with Crippen molar-refractivity contribution in [3.8, 4) is 0 Å². The van der Waals surface area contributed by atoms with E-state index in [0.717, 1.165) is 32.4 Å². The second-order valence-corrected chi connectivity index (χ2v) is 6.42. The van der Waals surface area contributed by atoms with E-state index in [1.807, 2.05) is 4.90 Å². The van der Waals surface area contributed by atoms with Crippen LogP contribution in [0.25, 0.3) is 0 Å². The van der Waals surface area contributed by atoms with Crippen molar-refractivity contribution >= 4 is 11.9 Å². The lowest BCUT2D eigenvalue weighted by Crippen LogP contribution is -2.50. The Hall–Kier alpha value is -1.26. The van der Waals surface area contributed by atoms with Crippen LogP contribution in [0.4, 0.5) is 4.79 Å². The van der Waals surface area contributed by atoms with Crippen molar-refractivity contribution in [3.63, 3.8) is 0 Å². The molecule has 1 saturated heterocycles. The third-order valence-electron chi connectivity index (χ3n) is 4.81. The van der Waals surface area contributed by atoms with Crippen molar-refractivity contribution in [1.82, 2.24) is 10.2 Å². The van der Waals surface area contributed by atoms with Crippen molar-refractivity contribution in [1.29, 1.82) is 0 Å². The molecule has 2 rings (SSSR count). The van der Waals surface area contributed by atoms with Gasteiger partial charge >= 0.3 is 6.03 Å². The van der Waals surface area contributed by atoms with Gasteiger partial charge in [-0.3, -0.25) is 4.79 Å². The molecule has 20 heavy (non-hydrogen) atoms. The highest BCUT2D eigenvalue weighted by atomic mass is 16.2. The fraction of sp³-hybridized carbons (Fsp3) is 0.867. The molecule has 0 radical (unpaired) electrons. The monoisotopic (exact) mass is 281 g/mol. The first-order valence-corrected chi connectivity index (χ1v) is 7.90. The molecular weight excluding hydrogens is 254 g/mol. The topological polar surface area (TPSA) is 75.4 Å². The summed E-state index contributed by atoms with van der Waals surface area (Å²) in [7, 11) is 0.